The first-order chi connectivity index (χ1) is 13.6. The second-order valence-corrected chi connectivity index (χ2v) is 6.86. The zero-order valence-electron chi connectivity index (χ0n) is 16.1. The molecule has 0 bridgehead atoms. The van der Waals surface area contributed by atoms with Crippen molar-refractivity contribution in [1.82, 2.24) is 24.9 Å². The van der Waals surface area contributed by atoms with Crippen LogP contribution in [0.2, 0.25) is 0 Å². The number of nitrogens with one attached hydrogen (secondary N) is 2. The molecule has 0 saturated heterocycles. The summed E-state index contributed by atoms with van der Waals surface area (Å²) in [5.74, 6) is 1.04. The Morgan fingerprint density at radius 1 is 1.11 bits per heavy atom. The molecule has 0 aliphatic heterocycles. The van der Waals surface area contributed by atoms with Gasteiger partial charge in [0.25, 0.3) is 0 Å². The molecule has 0 aliphatic carbocycles. The van der Waals surface area contributed by atoms with E-state index in [1.165, 1.54) is 5.56 Å². The van der Waals surface area contributed by atoms with Crippen LogP contribution >= 0.6 is 0 Å². The summed E-state index contributed by atoms with van der Waals surface area (Å²) in [5.41, 5.74) is 4.75. The topological polar surface area (TPSA) is 88.6 Å². The lowest BCUT2D eigenvalue weighted by atomic mass is 10.1. The van der Waals surface area contributed by atoms with E-state index >= 15 is 0 Å². The van der Waals surface area contributed by atoms with E-state index < -0.39 is 0 Å². The predicted molar refractivity (Wildman–Crippen MR) is 109 cm³/mol. The lowest BCUT2D eigenvalue weighted by molar-refractivity contribution is 0.399. The average Bonchev–Trinajstić information content (AvgIpc) is 3.11. The largest absolute Gasteiger partial charge is 0.480 e. The van der Waals surface area contributed by atoms with Gasteiger partial charge in [-0.05, 0) is 43.2 Å². The van der Waals surface area contributed by atoms with Gasteiger partial charge in [-0.3, -0.25) is 4.98 Å². The Morgan fingerprint density at radius 3 is 2.75 bits per heavy atom. The third-order valence-electron chi connectivity index (χ3n) is 4.40. The summed E-state index contributed by atoms with van der Waals surface area (Å²) in [4.78, 5) is 20.9. The number of nitrogens with zero attached hydrogens (tertiary/aromatic N) is 4. The average molecular weight is 374 g/mol. The normalized spacial score (nSPS) is 11.1. The Balaban J connectivity index is 1.58. The molecular formula is C21H22N6O. The fourth-order valence-electron chi connectivity index (χ4n) is 3.09. The van der Waals surface area contributed by atoms with Crippen molar-refractivity contribution < 1.29 is 4.74 Å². The maximum atomic E-state index is 5.44. The van der Waals surface area contributed by atoms with Crippen molar-refractivity contribution in [3.8, 4) is 17.1 Å². The van der Waals surface area contributed by atoms with Crippen LogP contribution in [-0.2, 0) is 6.42 Å². The highest BCUT2D eigenvalue weighted by Crippen LogP contribution is 2.27. The van der Waals surface area contributed by atoms with Gasteiger partial charge in [0.2, 0.25) is 11.8 Å². The molecule has 0 unspecified atom stereocenters. The molecule has 0 aromatic carbocycles. The number of hydrogen-bond donors (Lipinski definition) is 2. The van der Waals surface area contributed by atoms with Crippen LogP contribution < -0.4 is 10.1 Å². The molecule has 0 aliphatic rings. The van der Waals surface area contributed by atoms with Gasteiger partial charge in [0.15, 0.2) is 0 Å². The van der Waals surface area contributed by atoms with Crippen molar-refractivity contribution in [3.05, 3.63) is 60.2 Å². The molecule has 0 atom stereocenters. The second-order valence-electron chi connectivity index (χ2n) is 6.86. The van der Waals surface area contributed by atoms with E-state index in [0.717, 1.165) is 34.3 Å². The molecule has 4 heterocycles. The van der Waals surface area contributed by atoms with Crippen molar-refractivity contribution in [1.29, 1.82) is 0 Å². The quantitative estimate of drug-likeness (QED) is 0.533. The van der Waals surface area contributed by atoms with Gasteiger partial charge in [-0.25, -0.2) is 9.97 Å². The SMILES string of the molecule is COc1nc(NC(C)C)ncc1-c1ccc(Cc2c[nH]c3ncccc23)cn1. The monoisotopic (exact) mass is 374 g/mol. The molecule has 0 radical (unpaired) electrons. The molecule has 0 spiro atoms. The summed E-state index contributed by atoms with van der Waals surface area (Å²) in [6.07, 6.45) is 8.19. The molecule has 7 heteroatoms. The van der Waals surface area contributed by atoms with Crippen LogP contribution in [0.25, 0.3) is 22.3 Å². The van der Waals surface area contributed by atoms with Crippen LogP contribution in [0.5, 0.6) is 5.88 Å². The maximum absolute atomic E-state index is 5.44. The van der Waals surface area contributed by atoms with E-state index in [-0.39, 0.29) is 6.04 Å². The smallest absolute Gasteiger partial charge is 0.227 e. The zero-order valence-corrected chi connectivity index (χ0v) is 16.1. The van der Waals surface area contributed by atoms with E-state index in [2.05, 4.69) is 42.4 Å². The van der Waals surface area contributed by atoms with Gasteiger partial charge in [-0.2, -0.15) is 4.98 Å². The number of aromatic amines is 1. The lowest BCUT2D eigenvalue weighted by Gasteiger charge is -2.11. The van der Waals surface area contributed by atoms with Crippen molar-refractivity contribution in [2.45, 2.75) is 26.3 Å². The van der Waals surface area contributed by atoms with Crippen LogP contribution in [0.3, 0.4) is 0 Å². The first-order valence-corrected chi connectivity index (χ1v) is 9.18. The number of hydrogen-bond acceptors (Lipinski definition) is 6. The fraction of sp³-hybridized carbons (Fsp3) is 0.238. The standard InChI is InChI=1S/C21H22N6O/c1-13(2)26-21-25-12-17(20(27-21)28-3)18-7-6-14(10-23-18)9-15-11-24-19-16(15)5-4-8-22-19/h4-8,10-13H,9H2,1-3H3,(H,22,24)(H,25,26,27). The van der Waals surface area contributed by atoms with Gasteiger partial charge in [-0.15, -0.1) is 0 Å². The minimum absolute atomic E-state index is 0.243. The van der Waals surface area contributed by atoms with Gasteiger partial charge in [-0.1, -0.05) is 6.07 Å². The minimum atomic E-state index is 0.243. The first kappa shape index (κ1) is 17.9. The Morgan fingerprint density at radius 2 is 2.00 bits per heavy atom. The highest BCUT2D eigenvalue weighted by atomic mass is 16.5. The molecular weight excluding hydrogens is 352 g/mol. The van der Waals surface area contributed by atoms with Gasteiger partial charge < -0.3 is 15.0 Å². The molecule has 4 aromatic heterocycles. The maximum Gasteiger partial charge on any atom is 0.227 e. The number of rotatable bonds is 6. The van der Waals surface area contributed by atoms with Gasteiger partial charge in [0.1, 0.15) is 5.65 Å². The number of pyridine rings is 2. The number of methoxy groups -OCH3 is 1. The highest BCUT2D eigenvalue weighted by molar-refractivity contribution is 5.79. The Labute approximate surface area is 163 Å². The zero-order chi connectivity index (χ0) is 19.5. The summed E-state index contributed by atoms with van der Waals surface area (Å²) in [7, 11) is 1.60. The summed E-state index contributed by atoms with van der Waals surface area (Å²) < 4.78 is 5.44. The molecule has 4 aromatic rings. The van der Waals surface area contributed by atoms with Crippen LogP contribution in [0.4, 0.5) is 5.95 Å². The minimum Gasteiger partial charge on any atom is -0.480 e. The highest BCUT2D eigenvalue weighted by Gasteiger charge is 2.12. The van der Waals surface area contributed by atoms with E-state index in [9.17, 15) is 0 Å². The fourth-order valence-corrected chi connectivity index (χ4v) is 3.09. The Hall–Kier alpha value is -3.48. The van der Waals surface area contributed by atoms with E-state index in [4.69, 9.17) is 4.74 Å². The number of ether oxygens (including phenoxy) is 1. The van der Waals surface area contributed by atoms with E-state index in [0.29, 0.717) is 11.8 Å². The predicted octanol–water partition coefficient (Wildman–Crippen LogP) is 3.83. The number of fused-ring (bicyclic) bond motifs is 1. The van der Waals surface area contributed by atoms with Crippen LogP contribution in [-0.4, -0.2) is 38.1 Å². The van der Waals surface area contributed by atoms with Crippen molar-refractivity contribution >= 4 is 17.0 Å². The third kappa shape index (κ3) is 3.64. The molecule has 7 nitrogen and oxygen atoms in total. The Kier molecular flexibility index (Phi) is 4.89. The molecule has 4 rings (SSSR count). The number of aromatic nitrogens is 5. The molecule has 0 fully saturated rings. The van der Waals surface area contributed by atoms with Crippen LogP contribution in [0, 0.1) is 0 Å². The summed E-state index contributed by atoms with van der Waals surface area (Å²) in [6, 6.07) is 8.31. The van der Waals surface area contributed by atoms with E-state index in [1.807, 2.05) is 38.4 Å². The molecule has 2 N–H and O–H groups in total. The molecule has 28 heavy (non-hydrogen) atoms. The van der Waals surface area contributed by atoms with Crippen molar-refractivity contribution in [2.75, 3.05) is 12.4 Å². The van der Waals surface area contributed by atoms with Crippen molar-refractivity contribution in [3.63, 3.8) is 0 Å². The Bertz CT molecular complexity index is 1090. The number of H-pyrrole nitrogens is 1. The van der Waals surface area contributed by atoms with Crippen LogP contribution in [0.1, 0.15) is 25.0 Å². The first-order valence-electron chi connectivity index (χ1n) is 9.18. The molecule has 0 amide bonds. The number of anilines is 1. The summed E-state index contributed by atoms with van der Waals surface area (Å²) >= 11 is 0. The van der Waals surface area contributed by atoms with Gasteiger partial charge >= 0.3 is 0 Å². The lowest BCUT2D eigenvalue weighted by Crippen LogP contribution is -2.13. The van der Waals surface area contributed by atoms with Crippen molar-refractivity contribution in [2.24, 2.45) is 0 Å². The third-order valence-corrected chi connectivity index (χ3v) is 4.40. The molecule has 0 saturated carbocycles. The van der Waals surface area contributed by atoms with E-state index in [1.54, 1.807) is 19.5 Å². The van der Waals surface area contributed by atoms with Gasteiger partial charge in [0.05, 0.1) is 18.4 Å². The van der Waals surface area contributed by atoms with Crippen LogP contribution in [0.15, 0.2) is 49.1 Å². The summed E-state index contributed by atoms with van der Waals surface area (Å²) in [6.45, 7) is 4.07. The summed E-state index contributed by atoms with van der Waals surface area (Å²) in [5, 5.41) is 4.31. The van der Waals surface area contributed by atoms with Gasteiger partial charge in [0, 0.05) is 42.6 Å². The second kappa shape index (κ2) is 7.64. The molecule has 142 valence electrons.